The van der Waals surface area contributed by atoms with E-state index >= 15 is 0 Å². The number of cyclic esters (lactones) is 1. The molecule has 1 N–H and O–H groups in total. The molecule has 1 heterocycles. The highest BCUT2D eigenvalue weighted by Gasteiger charge is 2.42. The molecular weight excluding hydrogens is 363 g/mol. The third-order valence-electron chi connectivity index (χ3n) is 4.20. The minimum atomic E-state index is -4.84. The molecule has 0 saturated heterocycles. The van der Waals surface area contributed by atoms with Gasteiger partial charge in [0.1, 0.15) is 5.75 Å². The van der Waals surface area contributed by atoms with E-state index in [4.69, 9.17) is 4.74 Å². The summed E-state index contributed by atoms with van der Waals surface area (Å²) in [7, 11) is 0. The first-order chi connectivity index (χ1) is 12.7. The van der Waals surface area contributed by atoms with Gasteiger partial charge >= 0.3 is 12.3 Å². The highest BCUT2D eigenvalue weighted by Crippen LogP contribution is 2.29. The number of esters is 1. The molecule has 8 heteroatoms. The fraction of sp³-hybridized carbons (Fsp3) is 0.263. The van der Waals surface area contributed by atoms with Gasteiger partial charge in [-0.3, -0.25) is 4.79 Å². The van der Waals surface area contributed by atoms with Crippen LogP contribution < -0.4 is 10.1 Å². The van der Waals surface area contributed by atoms with Crippen molar-refractivity contribution in [2.24, 2.45) is 0 Å². The lowest BCUT2D eigenvalue weighted by atomic mass is 9.89. The lowest BCUT2D eigenvalue weighted by Crippen LogP contribution is -2.51. The standard InChI is InChI=1S/C19H16F3NO4/c1-18(10-12-6-2-4-8-14(12)16(24)27-18)17(25)23-11-13-7-3-5-9-15(13)26-19(20,21)22/h2-9H,10-11H2,1H3,(H,23,25). The highest BCUT2D eigenvalue weighted by molar-refractivity contribution is 5.97. The van der Waals surface area contributed by atoms with Crippen molar-refractivity contribution in [3.8, 4) is 5.75 Å². The Morgan fingerprint density at radius 1 is 1.19 bits per heavy atom. The second-order valence-electron chi connectivity index (χ2n) is 6.29. The van der Waals surface area contributed by atoms with E-state index in [0.717, 1.165) is 6.07 Å². The Bertz CT molecular complexity index is 881. The third-order valence-corrected chi connectivity index (χ3v) is 4.20. The van der Waals surface area contributed by atoms with Gasteiger partial charge in [-0.05, 0) is 24.6 Å². The normalized spacial score (nSPS) is 19.0. The van der Waals surface area contributed by atoms with Gasteiger partial charge < -0.3 is 14.8 Å². The van der Waals surface area contributed by atoms with Crippen LogP contribution >= 0.6 is 0 Å². The number of fused-ring (bicyclic) bond motifs is 1. The maximum atomic E-state index is 12.6. The number of carbonyl (C=O) groups is 2. The van der Waals surface area contributed by atoms with E-state index < -0.39 is 29.6 Å². The molecule has 1 aliphatic heterocycles. The SMILES string of the molecule is CC1(C(=O)NCc2ccccc2OC(F)(F)F)Cc2ccccc2C(=O)O1. The maximum absolute atomic E-state index is 12.6. The number of carbonyl (C=O) groups excluding carboxylic acids is 2. The van der Waals surface area contributed by atoms with E-state index in [1.165, 1.54) is 25.1 Å². The molecule has 142 valence electrons. The second kappa shape index (κ2) is 6.94. The van der Waals surface area contributed by atoms with Crippen LogP contribution in [0.1, 0.15) is 28.4 Å². The lowest BCUT2D eigenvalue weighted by molar-refractivity contribution is -0.274. The summed E-state index contributed by atoms with van der Waals surface area (Å²) in [5.41, 5.74) is -0.237. The molecule has 5 nitrogen and oxygen atoms in total. The Morgan fingerprint density at radius 3 is 2.59 bits per heavy atom. The number of amides is 1. The summed E-state index contributed by atoms with van der Waals surface area (Å²) in [6.45, 7) is 1.26. The molecule has 0 radical (unpaired) electrons. The first kappa shape index (κ1) is 18.8. The number of para-hydroxylation sites is 1. The number of hydrogen-bond donors (Lipinski definition) is 1. The molecule has 0 spiro atoms. The minimum absolute atomic E-state index is 0.148. The van der Waals surface area contributed by atoms with Gasteiger partial charge in [0.15, 0.2) is 5.60 Å². The number of ether oxygens (including phenoxy) is 2. The van der Waals surface area contributed by atoms with E-state index in [1.807, 2.05) is 0 Å². The molecule has 0 aliphatic carbocycles. The molecule has 0 aromatic heterocycles. The Hall–Kier alpha value is -3.03. The van der Waals surface area contributed by atoms with Crippen molar-refractivity contribution in [2.75, 3.05) is 0 Å². The largest absolute Gasteiger partial charge is 0.573 e. The molecule has 1 unspecified atom stereocenters. The fourth-order valence-electron chi connectivity index (χ4n) is 2.90. The molecule has 1 aliphatic rings. The molecule has 1 amide bonds. The molecule has 0 fully saturated rings. The van der Waals surface area contributed by atoms with Crippen LogP contribution in [0, 0.1) is 0 Å². The quantitative estimate of drug-likeness (QED) is 0.828. The van der Waals surface area contributed by atoms with E-state index in [0.29, 0.717) is 11.1 Å². The van der Waals surface area contributed by atoms with Crippen molar-refractivity contribution in [2.45, 2.75) is 31.9 Å². The number of benzene rings is 2. The van der Waals surface area contributed by atoms with Gasteiger partial charge in [0, 0.05) is 18.5 Å². The van der Waals surface area contributed by atoms with Crippen LogP contribution in [0.4, 0.5) is 13.2 Å². The van der Waals surface area contributed by atoms with Gasteiger partial charge in [-0.15, -0.1) is 13.2 Å². The van der Waals surface area contributed by atoms with Crippen LogP contribution in [-0.2, 0) is 22.5 Å². The fourth-order valence-corrected chi connectivity index (χ4v) is 2.90. The third kappa shape index (κ3) is 4.21. The van der Waals surface area contributed by atoms with E-state index in [9.17, 15) is 22.8 Å². The van der Waals surface area contributed by atoms with E-state index in [-0.39, 0.29) is 18.5 Å². The maximum Gasteiger partial charge on any atom is 0.573 e. The Morgan fingerprint density at radius 2 is 1.85 bits per heavy atom. The van der Waals surface area contributed by atoms with Crippen LogP contribution in [0.2, 0.25) is 0 Å². The smallest absolute Gasteiger partial charge is 0.445 e. The zero-order valence-electron chi connectivity index (χ0n) is 14.3. The van der Waals surface area contributed by atoms with E-state index in [2.05, 4.69) is 10.1 Å². The van der Waals surface area contributed by atoms with Crippen LogP contribution in [0.3, 0.4) is 0 Å². The molecule has 27 heavy (non-hydrogen) atoms. The van der Waals surface area contributed by atoms with Crippen LogP contribution in [0.5, 0.6) is 5.75 Å². The predicted molar refractivity (Wildman–Crippen MR) is 88.9 cm³/mol. The van der Waals surface area contributed by atoms with Crippen molar-refractivity contribution in [1.29, 1.82) is 0 Å². The molecule has 3 rings (SSSR count). The van der Waals surface area contributed by atoms with E-state index in [1.54, 1.807) is 24.3 Å². The van der Waals surface area contributed by atoms with Gasteiger partial charge in [0.05, 0.1) is 5.56 Å². The van der Waals surface area contributed by atoms with Crippen molar-refractivity contribution < 1.29 is 32.2 Å². The van der Waals surface area contributed by atoms with Gasteiger partial charge in [0.2, 0.25) is 0 Å². The second-order valence-corrected chi connectivity index (χ2v) is 6.29. The summed E-state index contributed by atoms with van der Waals surface area (Å²) >= 11 is 0. The summed E-state index contributed by atoms with van der Waals surface area (Å²) in [5, 5.41) is 2.52. The lowest BCUT2D eigenvalue weighted by Gasteiger charge is -2.33. The van der Waals surface area contributed by atoms with Crippen molar-refractivity contribution in [1.82, 2.24) is 5.32 Å². The molecule has 0 bridgehead atoms. The topological polar surface area (TPSA) is 64.6 Å². The number of hydrogen-bond acceptors (Lipinski definition) is 4. The van der Waals surface area contributed by atoms with Crippen LogP contribution in [0.15, 0.2) is 48.5 Å². The summed E-state index contributed by atoms with van der Waals surface area (Å²) in [6, 6.07) is 12.3. The van der Waals surface area contributed by atoms with Crippen molar-refractivity contribution >= 4 is 11.9 Å². The van der Waals surface area contributed by atoms with Gasteiger partial charge in [-0.1, -0.05) is 36.4 Å². The summed E-state index contributed by atoms with van der Waals surface area (Å²) in [6.07, 6.45) is -4.67. The summed E-state index contributed by atoms with van der Waals surface area (Å²) in [4.78, 5) is 24.7. The Balaban J connectivity index is 1.73. The summed E-state index contributed by atoms with van der Waals surface area (Å²) in [5.74, 6) is -1.62. The molecule has 2 aromatic carbocycles. The number of rotatable bonds is 4. The predicted octanol–water partition coefficient (Wildman–Crippen LogP) is 3.37. The molecular formula is C19H16F3NO4. The average Bonchev–Trinajstić information content (AvgIpc) is 2.59. The Kier molecular flexibility index (Phi) is 4.82. The van der Waals surface area contributed by atoms with Gasteiger partial charge in [-0.2, -0.15) is 0 Å². The first-order valence-corrected chi connectivity index (χ1v) is 8.11. The average molecular weight is 379 g/mol. The minimum Gasteiger partial charge on any atom is -0.445 e. The number of halogens is 3. The number of nitrogens with one attached hydrogen (secondary N) is 1. The van der Waals surface area contributed by atoms with Crippen LogP contribution in [0.25, 0.3) is 0 Å². The highest BCUT2D eigenvalue weighted by atomic mass is 19.4. The zero-order valence-corrected chi connectivity index (χ0v) is 14.3. The molecule has 1 atom stereocenters. The van der Waals surface area contributed by atoms with Crippen LogP contribution in [-0.4, -0.2) is 23.8 Å². The summed E-state index contributed by atoms with van der Waals surface area (Å²) < 4.78 is 46.7. The van der Waals surface area contributed by atoms with Gasteiger partial charge in [0.25, 0.3) is 5.91 Å². The molecule has 2 aromatic rings. The monoisotopic (exact) mass is 379 g/mol. The van der Waals surface area contributed by atoms with Crippen molar-refractivity contribution in [3.05, 3.63) is 65.2 Å². The number of alkyl halides is 3. The van der Waals surface area contributed by atoms with Crippen molar-refractivity contribution in [3.63, 3.8) is 0 Å². The first-order valence-electron chi connectivity index (χ1n) is 8.11. The zero-order chi connectivity index (χ0) is 19.7. The molecule has 0 saturated carbocycles. The van der Waals surface area contributed by atoms with Gasteiger partial charge in [-0.25, -0.2) is 4.79 Å². The Labute approximate surface area is 153 Å².